The summed E-state index contributed by atoms with van der Waals surface area (Å²) in [5.41, 5.74) is 1.01. The number of benzene rings is 2. The normalized spacial score (nSPS) is 10.7. The topological polar surface area (TPSA) is 68.5 Å². The predicted octanol–water partition coefficient (Wildman–Crippen LogP) is 3.50. The Hall–Kier alpha value is -3.26. The van der Waals surface area contributed by atoms with Gasteiger partial charge in [0, 0.05) is 0 Å². The molecular formula is C19H17NO4. The van der Waals surface area contributed by atoms with Crippen LogP contribution in [0, 0.1) is 11.3 Å². The lowest BCUT2D eigenvalue weighted by Gasteiger charge is -2.08. The molecule has 2 rings (SSSR count). The number of hydrogen-bond acceptors (Lipinski definition) is 5. The number of ketones is 1. The maximum absolute atomic E-state index is 12.6. The average Bonchev–Trinajstić information content (AvgIpc) is 2.65. The lowest BCUT2D eigenvalue weighted by atomic mass is 10.0. The Morgan fingerprint density at radius 1 is 0.958 bits per heavy atom. The lowest BCUT2D eigenvalue weighted by Crippen LogP contribution is -2.04. The number of nitrogens with zero attached hydrogens (tertiary/aromatic N) is 1. The predicted molar refractivity (Wildman–Crippen MR) is 90.5 cm³/mol. The van der Waals surface area contributed by atoms with Gasteiger partial charge in [-0.15, -0.1) is 0 Å². The third kappa shape index (κ3) is 3.55. The molecule has 0 fully saturated rings. The van der Waals surface area contributed by atoms with Crippen LogP contribution in [0.1, 0.15) is 15.9 Å². The molecule has 0 amide bonds. The molecule has 2 aromatic carbocycles. The van der Waals surface area contributed by atoms with E-state index < -0.39 is 5.78 Å². The Morgan fingerprint density at radius 3 is 2.25 bits per heavy atom. The van der Waals surface area contributed by atoms with Gasteiger partial charge >= 0.3 is 0 Å². The van der Waals surface area contributed by atoms with Gasteiger partial charge in [-0.05, 0) is 35.9 Å². The van der Waals surface area contributed by atoms with Crippen LogP contribution >= 0.6 is 0 Å². The maximum atomic E-state index is 12.6. The molecule has 0 bridgehead atoms. The minimum absolute atomic E-state index is 0.00622. The summed E-state index contributed by atoms with van der Waals surface area (Å²) < 4.78 is 15.6. The number of allylic oxidation sites excluding steroid dienone is 1. The summed E-state index contributed by atoms with van der Waals surface area (Å²) in [6.07, 6.45) is 1.51. The van der Waals surface area contributed by atoms with Gasteiger partial charge in [0.2, 0.25) is 5.78 Å². The van der Waals surface area contributed by atoms with Crippen LogP contribution in [0.2, 0.25) is 0 Å². The summed E-state index contributed by atoms with van der Waals surface area (Å²) in [5.74, 6) is 1.12. The molecule has 0 saturated carbocycles. The average molecular weight is 323 g/mol. The van der Waals surface area contributed by atoms with Crippen LogP contribution in [0.5, 0.6) is 17.2 Å². The molecule has 0 aromatic heterocycles. The zero-order valence-electron chi connectivity index (χ0n) is 13.7. The van der Waals surface area contributed by atoms with Crippen LogP contribution in [0.4, 0.5) is 0 Å². The fraction of sp³-hybridized carbons (Fsp3) is 0.158. The van der Waals surface area contributed by atoms with Crippen molar-refractivity contribution in [2.45, 2.75) is 0 Å². The molecule has 24 heavy (non-hydrogen) atoms. The van der Waals surface area contributed by atoms with Crippen LogP contribution in [0.25, 0.3) is 6.08 Å². The number of methoxy groups -OCH3 is 3. The van der Waals surface area contributed by atoms with Gasteiger partial charge in [-0.1, -0.05) is 18.2 Å². The Bertz CT molecular complexity index is 818. The fourth-order valence-corrected chi connectivity index (χ4v) is 2.24. The van der Waals surface area contributed by atoms with Crippen molar-refractivity contribution in [2.75, 3.05) is 21.3 Å². The fourth-order valence-electron chi connectivity index (χ4n) is 2.24. The minimum Gasteiger partial charge on any atom is -0.496 e. The van der Waals surface area contributed by atoms with Crippen molar-refractivity contribution in [3.8, 4) is 23.3 Å². The Labute approximate surface area is 140 Å². The number of nitriles is 1. The van der Waals surface area contributed by atoms with E-state index in [2.05, 4.69) is 0 Å². The lowest BCUT2D eigenvalue weighted by molar-refractivity contribution is 0.103. The van der Waals surface area contributed by atoms with Gasteiger partial charge in [0.05, 0.1) is 26.9 Å². The standard InChI is InChI=1S/C19H17NO4/c1-22-16-7-5-4-6-15(16)19(21)14(12-20)10-13-8-9-17(23-2)18(11-13)24-3/h4-11H,1-3H3. The van der Waals surface area contributed by atoms with Gasteiger partial charge < -0.3 is 14.2 Å². The van der Waals surface area contributed by atoms with Crippen molar-refractivity contribution in [1.29, 1.82) is 5.26 Å². The number of carbonyl (C=O) groups excluding carboxylic acids is 1. The van der Waals surface area contributed by atoms with E-state index in [1.165, 1.54) is 20.3 Å². The quantitative estimate of drug-likeness (QED) is 0.462. The molecule has 0 radical (unpaired) electrons. The third-order valence-corrected chi connectivity index (χ3v) is 3.44. The first kappa shape index (κ1) is 17.1. The SMILES string of the molecule is COc1ccc(C=C(C#N)C(=O)c2ccccc2OC)cc1OC. The summed E-state index contributed by atoms with van der Waals surface area (Å²) >= 11 is 0. The van der Waals surface area contributed by atoms with E-state index >= 15 is 0 Å². The molecule has 0 aliphatic heterocycles. The maximum Gasteiger partial charge on any atom is 0.207 e. The highest BCUT2D eigenvalue weighted by molar-refractivity contribution is 6.15. The van der Waals surface area contributed by atoms with Gasteiger partial charge in [0.15, 0.2) is 11.5 Å². The number of rotatable bonds is 6. The van der Waals surface area contributed by atoms with E-state index in [-0.39, 0.29) is 5.57 Å². The van der Waals surface area contributed by atoms with E-state index in [9.17, 15) is 10.1 Å². The molecule has 0 aliphatic rings. The van der Waals surface area contributed by atoms with Crippen molar-refractivity contribution in [2.24, 2.45) is 0 Å². The van der Waals surface area contributed by atoms with E-state index in [1.807, 2.05) is 6.07 Å². The highest BCUT2D eigenvalue weighted by Crippen LogP contribution is 2.29. The van der Waals surface area contributed by atoms with Gasteiger partial charge in [0.25, 0.3) is 0 Å². The van der Waals surface area contributed by atoms with Crippen LogP contribution in [0.3, 0.4) is 0 Å². The monoisotopic (exact) mass is 323 g/mol. The molecular weight excluding hydrogens is 306 g/mol. The molecule has 0 saturated heterocycles. The molecule has 122 valence electrons. The van der Waals surface area contributed by atoms with E-state index in [1.54, 1.807) is 49.6 Å². The second-order valence-electron chi connectivity index (χ2n) is 4.81. The minimum atomic E-state index is -0.398. The smallest absolute Gasteiger partial charge is 0.207 e. The zero-order valence-corrected chi connectivity index (χ0v) is 13.7. The number of carbonyl (C=O) groups is 1. The molecule has 0 unspecified atom stereocenters. The first-order valence-electron chi connectivity index (χ1n) is 7.16. The Kier molecular flexibility index (Phi) is 5.58. The van der Waals surface area contributed by atoms with Crippen LogP contribution in [-0.4, -0.2) is 27.1 Å². The summed E-state index contributed by atoms with van der Waals surface area (Å²) in [7, 11) is 4.55. The van der Waals surface area contributed by atoms with E-state index in [4.69, 9.17) is 14.2 Å². The number of ether oxygens (including phenoxy) is 3. The summed E-state index contributed by atoms with van der Waals surface area (Å²) in [6.45, 7) is 0. The number of Topliss-reactive ketones (excluding diaryl/α,β-unsaturated/α-hetero) is 1. The molecule has 2 aromatic rings. The van der Waals surface area contributed by atoms with Crippen molar-refractivity contribution in [3.05, 3.63) is 59.2 Å². The summed E-state index contributed by atoms with van der Waals surface area (Å²) in [4.78, 5) is 12.6. The molecule has 5 heteroatoms. The molecule has 0 N–H and O–H groups in total. The van der Waals surface area contributed by atoms with E-state index in [0.29, 0.717) is 28.4 Å². The van der Waals surface area contributed by atoms with Crippen molar-refractivity contribution >= 4 is 11.9 Å². The highest BCUT2D eigenvalue weighted by Gasteiger charge is 2.16. The summed E-state index contributed by atoms with van der Waals surface area (Å²) in [6, 6.07) is 13.9. The molecule has 0 spiro atoms. The van der Waals surface area contributed by atoms with Gasteiger partial charge in [-0.2, -0.15) is 5.26 Å². The first-order chi connectivity index (χ1) is 11.6. The van der Waals surface area contributed by atoms with Gasteiger partial charge in [-0.3, -0.25) is 4.79 Å². The molecule has 0 aliphatic carbocycles. The van der Waals surface area contributed by atoms with Crippen molar-refractivity contribution in [1.82, 2.24) is 0 Å². The van der Waals surface area contributed by atoms with E-state index in [0.717, 1.165) is 0 Å². The second kappa shape index (κ2) is 7.84. The van der Waals surface area contributed by atoms with Gasteiger partial charge in [0.1, 0.15) is 17.4 Å². The van der Waals surface area contributed by atoms with Crippen molar-refractivity contribution < 1.29 is 19.0 Å². The largest absolute Gasteiger partial charge is 0.496 e. The van der Waals surface area contributed by atoms with Crippen LogP contribution in [-0.2, 0) is 0 Å². The highest BCUT2D eigenvalue weighted by atomic mass is 16.5. The van der Waals surface area contributed by atoms with Crippen LogP contribution in [0.15, 0.2) is 48.0 Å². The molecule has 5 nitrogen and oxygen atoms in total. The zero-order chi connectivity index (χ0) is 17.5. The number of hydrogen-bond donors (Lipinski definition) is 0. The Morgan fingerprint density at radius 2 is 1.62 bits per heavy atom. The molecule has 0 heterocycles. The van der Waals surface area contributed by atoms with Crippen molar-refractivity contribution in [3.63, 3.8) is 0 Å². The van der Waals surface area contributed by atoms with Crippen LogP contribution < -0.4 is 14.2 Å². The third-order valence-electron chi connectivity index (χ3n) is 3.44. The number of para-hydroxylation sites is 1. The second-order valence-corrected chi connectivity index (χ2v) is 4.81. The molecule has 0 atom stereocenters. The van der Waals surface area contributed by atoms with Gasteiger partial charge in [-0.25, -0.2) is 0 Å². The first-order valence-corrected chi connectivity index (χ1v) is 7.16. The Balaban J connectivity index is 2.43. The summed E-state index contributed by atoms with van der Waals surface area (Å²) in [5, 5.41) is 9.37.